The zero-order chi connectivity index (χ0) is 19.3. The number of carbonyl (C=O) groups is 1. The average molecular weight is 385 g/mol. The zero-order valence-electron chi connectivity index (χ0n) is 15.8. The number of hydrogen-bond acceptors (Lipinski definition) is 4. The van der Waals surface area contributed by atoms with Gasteiger partial charge in [-0.2, -0.15) is 5.10 Å². The van der Waals surface area contributed by atoms with Crippen molar-refractivity contribution >= 4 is 17.5 Å². The molecule has 0 fully saturated rings. The molecule has 0 spiro atoms. The Morgan fingerprint density at radius 3 is 2.81 bits per heavy atom. The van der Waals surface area contributed by atoms with Gasteiger partial charge in [-0.15, -0.1) is 0 Å². The van der Waals surface area contributed by atoms with Crippen LogP contribution < -0.4 is 0 Å². The fraction of sp³-hybridized carbons (Fsp3) is 0.368. The molecular weight excluding hydrogens is 364 g/mol. The molecular formula is C19H21ClN6O. The Hall–Kier alpha value is -2.67. The number of hydrogen-bond donors (Lipinski definition) is 0. The first-order valence-electron chi connectivity index (χ1n) is 8.75. The molecule has 0 unspecified atom stereocenters. The molecule has 3 aromatic rings. The summed E-state index contributed by atoms with van der Waals surface area (Å²) >= 11 is 5.97. The van der Waals surface area contributed by atoms with E-state index in [1.54, 1.807) is 17.1 Å². The van der Waals surface area contributed by atoms with E-state index in [4.69, 9.17) is 11.6 Å². The number of halogens is 1. The van der Waals surface area contributed by atoms with Crippen molar-refractivity contribution in [3.8, 4) is 11.3 Å². The third kappa shape index (κ3) is 3.02. The monoisotopic (exact) mass is 384 g/mol. The van der Waals surface area contributed by atoms with Gasteiger partial charge in [0.05, 0.1) is 23.5 Å². The van der Waals surface area contributed by atoms with Crippen LogP contribution in [0.15, 0.2) is 30.7 Å². The van der Waals surface area contributed by atoms with Gasteiger partial charge in [0.1, 0.15) is 5.69 Å². The standard InChI is InChI=1S/C19H21ClN6O/c1-12-8-21-18(20)23-16(12)13-7-15-17(27)26(10-14-5-6-22-24(14)4)19(2,3)11-25(15)9-13/h5-9H,10-11H2,1-4H3. The lowest BCUT2D eigenvalue weighted by molar-refractivity contribution is 0.0379. The summed E-state index contributed by atoms with van der Waals surface area (Å²) in [5.74, 6) is -0.00324. The van der Waals surface area contributed by atoms with Crippen LogP contribution in [0.25, 0.3) is 11.3 Å². The molecule has 0 bridgehead atoms. The Morgan fingerprint density at radius 2 is 2.11 bits per heavy atom. The van der Waals surface area contributed by atoms with E-state index in [-0.39, 0.29) is 16.7 Å². The van der Waals surface area contributed by atoms with Crippen LogP contribution in [0.2, 0.25) is 5.28 Å². The Labute approximate surface area is 162 Å². The van der Waals surface area contributed by atoms with Crippen molar-refractivity contribution in [3.63, 3.8) is 0 Å². The fourth-order valence-corrected chi connectivity index (χ4v) is 3.72. The first kappa shape index (κ1) is 17.7. The molecule has 4 heterocycles. The number of carbonyl (C=O) groups excluding carboxylic acids is 1. The van der Waals surface area contributed by atoms with Crippen LogP contribution in [0.5, 0.6) is 0 Å². The van der Waals surface area contributed by atoms with Gasteiger partial charge in [-0.25, -0.2) is 9.97 Å². The second-order valence-corrected chi connectivity index (χ2v) is 7.90. The average Bonchev–Trinajstić information content (AvgIpc) is 3.19. The van der Waals surface area contributed by atoms with Gasteiger partial charge in [-0.3, -0.25) is 9.48 Å². The minimum atomic E-state index is -0.330. The number of rotatable bonds is 3. The van der Waals surface area contributed by atoms with Crippen LogP contribution in [0, 0.1) is 6.92 Å². The van der Waals surface area contributed by atoms with Crippen molar-refractivity contribution in [1.29, 1.82) is 0 Å². The van der Waals surface area contributed by atoms with Gasteiger partial charge < -0.3 is 9.47 Å². The number of aromatic nitrogens is 5. The number of amides is 1. The Balaban J connectivity index is 1.74. The first-order chi connectivity index (χ1) is 12.8. The molecule has 8 heteroatoms. The van der Waals surface area contributed by atoms with Crippen molar-refractivity contribution < 1.29 is 4.79 Å². The summed E-state index contributed by atoms with van der Waals surface area (Å²) in [6, 6.07) is 3.83. The SMILES string of the molecule is Cc1cnc(Cl)nc1-c1cc2n(c1)CC(C)(C)N(Cc1ccnn1C)C2=O. The summed E-state index contributed by atoms with van der Waals surface area (Å²) in [5.41, 5.74) is 3.86. The van der Waals surface area contributed by atoms with Crippen LogP contribution in [-0.2, 0) is 20.1 Å². The van der Waals surface area contributed by atoms with Gasteiger partial charge in [-0.1, -0.05) is 0 Å². The lowest BCUT2D eigenvalue weighted by Gasteiger charge is -2.42. The molecule has 27 heavy (non-hydrogen) atoms. The fourth-order valence-electron chi connectivity index (χ4n) is 3.58. The molecule has 0 saturated carbocycles. The van der Waals surface area contributed by atoms with Gasteiger partial charge in [0.2, 0.25) is 5.28 Å². The maximum absolute atomic E-state index is 13.3. The third-order valence-corrected chi connectivity index (χ3v) is 5.29. The lowest BCUT2D eigenvalue weighted by Crippen LogP contribution is -2.54. The van der Waals surface area contributed by atoms with Crippen LogP contribution in [0.4, 0.5) is 0 Å². The summed E-state index contributed by atoms with van der Waals surface area (Å²) in [5, 5.41) is 4.41. The van der Waals surface area contributed by atoms with Crippen molar-refractivity contribution in [2.75, 3.05) is 0 Å². The van der Waals surface area contributed by atoms with E-state index >= 15 is 0 Å². The Morgan fingerprint density at radius 1 is 1.33 bits per heavy atom. The predicted octanol–water partition coefficient (Wildman–Crippen LogP) is 3.08. The number of fused-ring (bicyclic) bond motifs is 1. The van der Waals surface area contributed by atoms with Crippen molar-refractivity contribution in [2.45, 2.75) is 39.4 Å². The molecule has 1 aliphatic heterocycles. The van der Waals surface area contributed by atoms with Crippen LogP contribution in [0.3, 0.4) is 0 Å². The summed E-state index contributed by atoms with van der Waals surface area (Å²) in [6.07, 6.45) is 5.42. The lowest BCUT2D eigenvalue weighted by atomic mass is 9.98. The molecule has 0 N–H and O–H groups in total. The van der Waals surface area contributed by atoms with Crippen molar-refractivity contribution in [1.82, 2.24) is 29.2 Å². The van der Waals surface area contributed by atoms with Crippen LogP contribution >= 0.6 is 11.6 Å². The van der Waals surface area contributed by atoms with E-state index in [1.807, 2.05) is 41.8 Å². The van der Waals surface area contributed by atoms with E-state index in [1.165, 1.54) is 0 Å². The van der Waals surface area contributed by atoms with E-state index in [9.17, 15) is 4.79 Å². The van der Waals surface area contributed by atoms with Crippen LogP contribution in [-0.4, -0.2) is 40.7 Å². The molecule has 0 atom stereocenters. The summed E-state index contributed by atoms with van der Waals surface area (Å²) < 4.78 is 3.81. The molecule has 4 rings (SSSR count). The summed E-state index contributed by atoms with van der Waals surface area (Å²) in [4.78, 5) is 23.5. The first-order valence-corrected chi connectivity index (χ1v) is 9.12. The van der Waals surface area contributed by atoms with Gasteiger partial charge in [0.15, 0.2) is 0 Å². The highest BCUT2D eigenvalue weighted by Crippen LogP contribution is 2.32. The van der Waals surface area contributed by atoms with Gasteiger partial charge in [0, 0.05) is 37.7 Å². The predicted molar refractivity (Wildman–Crippen MR) is 102 cm³/mol. The second kappa shape index (κ2) is 6.20. The van der Waals surface area contributed by atoms with Gasteiger partial charge in [-0.05, 0) is 50.1 Å². The molecule has 0 saturated heterocycles. The van der Waals surface area contributed by atoms with E-state index in [2.05, 4.69) is 28.9 Å². The highest BCUT2D eigenvalue weighted by atomic mass is 35.5. The summed E-state index contributed by atoms with van der Waals surface area (Å²) in [7, 11) is 1.89. The smallest absolute Gasteiger partial charge is 0.271 e. The molecule has 1 aliphatic rings. The molecule has 0 aliphatic carbocycles. The Kier molecular flexibility index (Phi) is 4.07. The van der Waals surface area contributed by atoms with E-state index in [0.717, 1.165) is 22.5 Å². The van der Waals surface area contributed by atoms with Gasteiger partial charge in [0.25, 0.3) is 5.91 Å². The van der Waals surface area contributed by atoms with E-state index in [0.29, 0.717) is 18.8 Å². The maximum Gasteiger partial charge on any atom is 0.271 e. The number of aryl methyl sites for hydroxylation is 2. The normalized spacial score (nSPS) is 15.9. The molecule has 0 aromatic carbocycles. The van der Waals surface area contributed by atoms with Crippen LogP contribution in [0.1, 0.15) is 35.6 Å². The molecule has 0 radical (unpaired) electrons. The van der Waals surface area contributed by atoms with Crippen molar-refractivity contribution in [2.24, 2.45) is 7.05 Å². The zero-order valence-corrected chi connectivity index (χ0v) is 16.5. The quantitative estimate of drug-likeness (QED) is 0.651. The Bertz CT molecular complexity index is 1030. The molecule has 140 valence electrons. The number of nitrogens with zero attached hydrogens (tertiary/aromatic N) is 6. The third-order valence-electron chi connectivity index (χ3n) is 5.11. The highest BCUT2D eigenvalue weighted by molar-refractivity contribution is 6.28. The minimum Gasteiger partial charge on any atom is -0.340 e. The molecule has 7 nitrogen and oxygen atoms in total. The second-order valence-electron chi connectivity index (χ2n) is 7.56. The minimum absolute atomic E-state index is 0.00324. The topological polar surface area (TPSA) is 68.8 Å². The maximum atomic E-state index is 13.3. The van der Waals surface area contributed by atoms with Crippen molar-refractivity contribution in [3.05, 3.63) is 53.0 Å². The highest BCUT2D eigenvalue weighted by Gasteiger charge is 2.39. The molecule has 1 amide bonds. The summed E-state index contributed by atoms with van der Waals surface area (Å²) in [6.45, 7) is 7.31. The van der Waals surface area contributed by atoms with Gasteiger partial charge >= 0.3 is 0 Å². The molecule has 3 aromatic heterocycles. The van der Waals surface area contributed by atoms with E-state index < -0.39 is 0 Å². The largest absolute Gasteiger partial charge is 0.340 e.